The number of phenols is 1. The first-order valence-electron chi connectivity index (χ1n) is 6.42. The maximum atomic E-state index is 12.6. The second-order valence-electron chi connectivity index (χ2n) is 5.08. The van der Waals surface area contributed by atoms with Gasteiger partial charge in [-0.05, 0) is 38.3 Å². The predicted octanol–water partition coefficient (Wildman–Crippen LogP) is 1.73. The van der Waals surface area contributed by atoms with Crippen LogP contribution >= 0.6 is 0 Å². The lowest BCUT2D eigenvalue weighted by atomic mass is 10.0. The van der Waals surface area contributed by atoms with Crippen molar-refractivity contribution >= 4 is 15.9 Å². The SMILES string of the molecule is CC(C)N(C)S(=O)(=O)N1CCCc2cccc(O)c21. The third kappa shape index (κ3) is 2.42. The molecule has 0 unspecified atom stereocenters. The molecule has 0 aliphatic carbocycles. The van der Waals surface area contributed by atoms with Crippen LogP contribution in [0, 0.1) is 0 Å². The lowest BCUT2D eigenvalue weighted by molar-refractivity contribution is 0.405. The Kier molecular flexibility index (Phi) is 3.73. The van der Waals surface area contributed by atoms with Crippen molar-refractivity contribution in [3.63, 3.8) is 0 Å². The molecular weight excluding hydrogens is 264 g/mol. The molecule has 1 heterocycles. The molecule has 1 aromatic rings. The molecule has 19 heavy (non-hydrogen) atoms. The summed E-state index contributed by atoms with van der Waals surface area (Å²) >= 11 is 0. The van der Waals surface area contributed by atoms with Crippen LogP contribution in [0.3, 0.4) is 0 Å². The van der Waals surface area contributed by atoms with Gasteiger partial charge in [-0.1, -0.05) is 12.1 Å². The van der Waals surface area contributed by atoms with E-state index in [4.69, 9.17) is 0 Å². The molecule has 1 aliphatic rings. The molecule has 0 amide bonds. The average molecular weight is 284 g/mol. The first-order valence-corrected chi connectivity index (χ1v) is 7.82. The summed E-state index contributed by atoms with van der Waals surface area (Å²) in [6, 6.07) is 5.02. The van der Waals surface area contributed by atoms with Crippen molar-refractivity contribution < 1.29 is 13.5 Å². The van der Waals surface area contributed by atoms with Gasteiger partial charge in [0.1, 0.15) is 5.75 Å². The highest BCUT2D eigenvalue weighted by molar-refractivity contribution is 7.90. The van der Waals surface area contributed by atoms with Gasteiger partial charge in [-0.3, -0.25) is 4.31 Å². The molecule has 0 fully saturated rings. The van der Waals surface area contributed by atoms with Crippen LogP contribution in [0.2, 0.25) is 0 Å². The first-order chi connectivity index (χ1) is 8.85. The molecule has 106 valence electrons. The first kappa shape index (κ1) is 14.1. The van der Waals surface area contributed by atoms with Gasteiger partial charge in [-0.15, -0.1) is 0 Å². The summed E-state index contributed by atoms with van der Waals surface area (Å²) in [6.45, 7) is 4.06. The van der Waals surface area contributed by atoms with E-state index in [2.05, 4.69) is 0 Å². The van der Waals surface area contributed by atoms with E-state index < -0.39 is 10.2 Å². The van der Waals surface area contributed by atoms with Crippen LogP contribution in [0.5, 0.6) is 5.75 Å². The second-order valence-corrected chi connectivity index (χ2v) is 6.99. The summed E-state index contributed by atoms with van der Waals surface area (Å²) in [4.78, 5) is 0. The fourth-order valence-corrected chi connectivity index (χ4v) is 3.89. The van der Waals surface area contributed by atoms with Crippen LogP contribution in [0.15, 0.2) is 18.2 Å². The number of phenolic OH excluding ortho intramolecular Hbond substituents is 1. The van der Waals surface area contributed by atoms with Gasteiger partial charge in [-0.2, -0.15) is 12.7 Å². The van der Waals surface area contributed by atoms with Gasteiger partial charge < -0.3 is 5.11 Å². The molecule has 0 radical (unpaired) electrons. The zero-order valence-electron chi connectivity index (χ0n) is 11.5. The minimum absolute atomic E-state index is 0.0259. The normalized spacial score (nSPS) is 15.9. The summed E-state index contributed by atoms with van der Waals surface area (Å²) in [6.07, 6.45) is 1.56. The number of hydrogen-bond acceptors (Lipinski definition) is 3. The molecule has 0 spiro atoms. The maximum Gasteiger partial charge on any atom is 0.304 e. The number of fused-ring (bicyclic) bond motifs is 1. The van der Waals surface area contributed by atoms with Crippen LogP contribution in [-0.2, 0) is 16.6 Å². The summed E-state index contributed by atoms with van der Waals surface area (Å²) in [5, 5.41) is 9.99. The number of anilines is 1. The fourth-order valence-electron chi connectivity index (χ4n) is 2.24. The molecule has 1 aromatic carbocycles. The van der Waals surface area contributed by atoms with Gasteiger partial charge in [0.15, 0.2) is 0 Å². The summed E-state index contributed by atoms with van der Waals surface area (Å²) < 4.78 is 27.8. The van der Waals surface area contributed by atoms with Crippen LogP contribution in [0.25, 0.3) is 0 Å². The topological polar surface area (TPSA) is 60.9 Å². The van der Waals surface area contributed by atoms with Crippen molar-refractivity contribution in [3.8, 4) is 5.75 Å². The Hall–Kier alpha value is -1.27. The standard InChI is InChI=1S/C13H20N2O3S/c1-10(2)14(3)19(17,18)15-9-5-7-11-6-4-8-12(16)13(11)15/h4,6,8,10,16H,5,7,9H2,1-3H3. The van der Waals surface area contributed by atoms with Crippen molar-refractivity contribution in [1.29, 1.82) is 0 Å². The lowest BCUT2D eigenvalue weighted by Crippen LogP contribution is -2.46. The number of benzene rings is 1. The average Bonchev–Trinajstić information content (AvgIpc) is 2.37. The Morgan fingerprint density at radius 2 is 2.05 bits per heavy atom. The number of nitrogens with zero attached hydrogens (tertiary/aromatic N) is 2. The van der Waals surface area contributed by atoms with Crippen LogP contribution < -0.4 is 4.31 Å². The highest BCUT2D eigenvalue weighted by Crippen LogP contribution is 2.37. The molecule has 0 atom stereocenters. The highest BCUT2D eigenvalue weighted by Gasteiger charge is 2.33. The van der Waals surface area contributed by atoms with Crippen molar-refractivity contribution in [3.05, 3.63) is 23.8 Å². The molecule has 6 heteroatoms. The molecule has 2 rings (SSSR count). The number of para-hydroxylation sites is 1. The van der Waals surface area contributed by atoms with E-state index in [1.54, 1.807) is 13.1 Å². The zero-order chi connectivity index (χ0) is 14.2. The molecule has 0 saturated carbocycles. The van der Waals surface area contributed by atoms with E-state index in [0.717, 1.165) is 18.4 Å². The van der Waals surface area contributed by atoms with E-state index in [0.29, 0.717) is 12.2 Å². The Balaban J connectivity index is 2.50. The lowest BCUT2D eigenvalue weighted by Gasteiger charge is -2.35. The fraction of sp³-hybridized carbons (Fsp3) is 0.538. The third-order valence-corrected chi connectivity index (χ3v) is 5.60. The molecular formula is C13H20N2O3S. The van der Waals surface area contributed by atoms with E-state index in [1.165, 1.54) is 14.7 Å². The highest BCUT2D eigenvalue weighted by atomic mass is 32.2. The number of rotatable bonds is 3. The van der Waals surface area contributed by atoms with E-state index in [9.17, 15) is 13.5 Å². The molecule has 1 aliphatic heterocycles. The Morgan fingerprint density at radius 3 is 2.68 bits per heavy atom. The maximum absolute atomic E-state index is 12.6. The number of aromatic hydroxyl groups is 1. The van der Waals surface area contributed by atoms with E-state index in [-0.39, 0.29) is 11.8 Å². The Morgan fingerprint density at radius 1 is 1.37 bits per heavy atom. The molecule has 0 bridgehead atoms. The van der Waals surface area contributed by atoms with Gasteiger partial charge >= 0.3 is 10.2 Å². The minimum atomic E-state index is -3.59. The monoisotopic (exact) mass is 284 g/mol. The van der Waals surface area contributed by atoms with Crippen molar-refractivity contribution in [2.45, 2.75) is 32.7 Å². The van der Waals surface area contributed by atoms with E-state index in [1.807, 2.05) is 19.9 Å². The molecule has 5 nitrogen and oxygen atoms in total. The summed E-state index contributed by atoms with van der Waals surface area (Å²) in [5.74, 6) is 0.0259. The van der Waals surface area contributed by atoms with Crippen molar-refractivity contribution in [2.75, 3.05) is 17.9 Å². The number of hydrogen-bond donors (Lipinski definition) is 1. The third-order valence-electron chi connectivity index (χ3n) is 3.52. The van der Waals surface area contributed by atoms with Crippen LogP contribution in [0.4, 0.5) is 5.69 Å². The van der Waals surface area contributed by atoms with Gasteiger partial charge in [0, 0.05) is 19.6 Å². The summed E-state index contributed by atoms with van der Waals surface area (Å²) in [5.41, 5.74) is 1.31. The van der Waals surface area contributed by atoms with E-state index >= 15 is 0 Å². The predicted molar refractivity (Wildman–Crippen MR) is 75.6 cm³/mol. The van der Waals surface area contributed by atoms with Gasteiger partial charge in [0.25, 0.3) is 0 Å². The second kappa shape index (κ2) is 5.02. The smallest absolute Gasteiger partial charge is 0.304 e. The molecule has 0 saturated heterocycles. The van der Waals surface area contributed by atoms with Crippen molar-refractivity contribution in [1.82, 2.24) is 4.31 Å². The minimum Gasteiger partial charge on any atom is -0.506 e. The van der Waals surface area contributed by atoms with Gasteiger partial charge in [-0.25, -0.2) is 0 Å². The van der Waals surface area contributed by atoms with Gasteiger partial charge in [0.05, 0.1) is 5.69 Å². The zero-order valence-corrected chi connectivity index (χ0v) is 12.3. The molecule has 1 N–H and O–H groups in total. The van der Waals surface area contributed by atoms with Gasteiger partial charge in [0.2, 0.25) is 0 Å². The number of aryl methyl sites for hydroxylation is 1. The molecule has 0 aromatic heterocycles. The quantitative estimate of drug-likeness (QED) is 0.919. The van der Waals surface area contributed by atoms with Crippen LogP contribution in [-0.4, -0.2) is 37.5 Å². The largest absolute Gasteiger partial charge is 0.506 e. The van der Waals surface area contributed by atoms with Crippen LogP contribution in [0.1, 0.15) is 25.8 Å². The summed E-state index contributed by atoms with van der Waals surface area (Å²) in [7, 11) is -2.03. The Labute approximate surface area is 114 Å². The van der Waals surface area contributed by atoms with Crippen molar-refractivity contribution in [2.24, 2.45) is 0 Å². The Bertz CT molecular complexity index is 569.